The first-order valence-electron chi connectivity index (χ1n) is 9.43. The van der Waals surface area contributed by atoms with Crippen LogP contribution in [-0.2, 0) is 21.3 Å². The van der Waals surface area contributed by atoms with Gasteiger partial charge in [-0.15, -0.1) is 0 Å². The number of guanidine groups is 1. The molecule has 160 valence electrons. The van der Waals surface area contributed by atoms with Gasteiger partial charge in [0, 0.05) is 46.4 Å². The number of hydrogen-bond donors (Lipinski definition) is 2. The van der Waals surface area contributed by atoms with Crippen LogP contribution in [0.5, 0.6) is 5.75 Å². The Morgan fingerprint density at radius 1 is 1.25 bits per heavy atom. The normalized spacial score (nSPS) is 12.3. The summed E-state index contributed by atoms with van der Waals surface area (Å²) in [7, 11) is 1.82. The molecule has 0 spiro atoms. The molecule has 0 aromatic heterocycles. The van der Waals surface area contributed by atoms with Crippen LogP contribution in [0.2, 0.25) is 0 Å². The monoisotopic (exact) mass is 414 g/mol. The van der Waals surface area contributed by atoms with Crippen molar-refractivity contribution < 1.29 is 17.9 Å². The summed E-state index contributed by atoms with van der Waals surface area (Å²) in [4.78, 5) is 4.21. The van der Waals surface area contributed by atoms with Crippen molar-refractivity contribution in [2.24, 2.45) is 4.99 Å². The first kappa shape index (κ1) is 24.2. The van der Waals surface area contributed by atoms with Crippen LogP contribution in [0.3, 0.4) is 0 Å². The molecule has 0 aliphatic rings. The zero-order valence-corrected chi connectivity index (χ0v) is 18.4. The number of ether oxygens (including phenoxy) is 2. The molecule has 1 aromatic rings. The maximum atomic E-state index is 11.7. The third-order valence-corrected chi connectivity index (χ3v) is 6.08. The van der Waals surface area contributed by atoms with E-state index < -0.39 is 10.0 Å². The van der Waals surface area contributed by atoms with Crippen molar-refractivity contribution in [3.8, 4) is 5.75 Å². The van der Waals surface area contributed by atoms with Crippen LogP contribution in [0.1, 0.15) is 24.5 Å². The number of aliphatic imine (C=N–C) groups is 1. The molecule has 9 heteroatoms. The van der Waals surface area contributed by atoms with Gasteiger partial charge in [0.1, 0.15) is 12.4 Å². The first-order valence-corrected chi connectivity index (χ1v) is 11.0. The number of hydrogen-bond acceptors (Lipinski definition) is 5. The molecule has 0 aliphatic heterocycles. The van der Waals surface area contributed by atoms with Crippen molar-refractivity contribution in [3.05, 3.63) is 29.3 Å². The largest absolute Gasteiger partial charge is 0.491 e. The Hall–Kier alpha value is -1.84. The Labute approximate surface area is 169 Å². The number of rotatable bonds is 12. The van der Waals surface area contributed by atoms with Crippen molar-refractivity contribution in [1.82, 2.24) is 14.9 Å². The smallest absolute Gasteiger partial charge is 0.213 e. The highest BCUT2D eigenvalue weighted by molar-refractivity contribution is 7.89. The van der Waals surface area contributed by atoms with E-state index >= 15 is 0 Å². The van der Waals surface area contributed by atoms with Crippen molar-refractivity contribution in [2.75, 3.05) is 53.3 Å². The second-order valence-electron chi connectivity index (χ2n) is 6.38. The van der Waals surface area contributed by atoms with E-state index in [1.165, 1.54) is 4.31 Å². The van der Waals surface area contributed by atoms with Gasteiger partial charge in [-0.1, -0.05) is 12.1 Å². The maximum absolute atomic E-state index is 11.7. The number of benzene rings is 1. The van der Waals surface area contributed by atoms with E-state index in [1.54, 1.807) is 28.1 Å². The molecule has 0 heterocycles. The summed E-state index contributed by atoms with van der Waals surface area (Å²) in [5.74, 6) is 1.60. The van der Waals surface area contributed by atoms with Crippen LogP contribution in [0.4, 0.5) is 0 Å². The van der Waals surface area contributed by atoms with Crippen LogP contribution in [0, 0.1) is 6.92 Å². The summed E-state index contributed by atoms with van der Waals surface area (Å²) in [6.07, 6.45) is 0.687. The minimum atomic E-state index is -3.13. The lowest BCUT2D eigenvalue weighted by molar-refractivity contribution is 0.145. The van der Waals surface area contributed by atoms with Crippen LogP contribution in [0.15, 0.2) is 23.2 Å². The average molecular weight is 415 g/mol. The molecule has 0 atom stereocenters. The summed E-state index contributed by atoms with van der Waals surface area (Å²) < 4.78 is 35.7. The third kappa shape index (κ3) is 8.45. The molecular formula is C19H34N4O4S. The fourth-order valence-corrected chi connectivity index (χ4v) is 3.29. The zero-order chi connectivity index (χ0) is 21.0. The van der Waals surface area contributed by atoms with E-state index in [1.807, 2.05) is 25.1 Å². The van der Waals surface area contributed by atoms with Crippen LogP contribution < -0.4 is 15.4 Å². The van der Waals surface area contributed by atoms with Crippen molar-refractivity contribution in [1.29, 1.82) is 0 Å². The van der Waals surface area contributed by atoms with Crippen LogP contribution >= 0.6 is 0 Å². The fourth-order valence-electron chi connectivity index (χ4n) is 2.44. The van der Waals surface area contributed by atoms with Crippen molar-refractivity contribution in [3.63, 3.8) is 0 Å². The van der Waals surface area contributed by atoms with Gasteiger partial charge in [0.15, 0.2) is 5.96 Å². The summed E-state index contributed by atoms with van der Waals surface area (Å²) in [5.41, 5.74) is 2.16. The van der Waals surface area contributed by atoms with E-state index in [0.29, 0.717) is 45.2 Å². The Kier molecular flexibility index (Phi) is 10.9. The Morgan fingerprint density at radius 3 is 2.64 bits per heavy atom. The number of aryl methyl sites for hydroxylation is 1. The van der Waals surface area contributed by atoms with Crippen molar-refractivity contribution >= 4 is 16.0 Å². The topological polar surface area (TPSA) is 92.3 Å². The highest BCUT2D eigenvalue weighted by Crippen LogP contribution is 2.20. The zero-order valence-electron chi connectivity index (χ0n) is 17.6. The standard InChI is InChI=1S/C19H34N4O4S/c1-6-28(24,25)23(4)11-7-10-21-19(20-3)22-15-17-9-8-16(2)14-18(17)27-13-12-26-5/h8-9,14H,6-7,10-13,15H2,1-5H3,(H2,20,21,22). The molecule has 28 heavy (non-hydrogen) atoms. The predicted octanol–water partition coefficient (Wildman–Crippen LogP) is 1.36. The Bertz CT molecular complexity index is 723. The lowest BCUT2D eigenvalue weighted by Gasteiger charge is -2.17. The molecule has 2 N–H and O–H groups in total. The Morgan fingerprint density at radius 2 is 2.00 bits per heavy atom. The van der Waals surface area contributed by atoms with Gasteiger partial charge in [0.2, 0.25) is 10.0 Å². The highest BCUT2D eigenvalue weighted by atomic mass is 32.2. The van der Waals surface area contributed by atoms with Crippen LogP contribution in [0.25, 0.3) is 0 Å². The van der Waals surface area contributed by atoms with Gasteiger partial charge in [-0.25, -0.2) is 12.7 Å². The molecule has 0 amide bonds. The second-order valence-corrected chi connectivity index (χ2v) is 8.75. The average Bonchev–Trinajstić information content (AvgIpc) is 2.68. The number of methoxy groups -OCH3 is 1. The minimum Gasteiger partial charge on any atom is -0.491 e. The molecule has 0 unspecified atom stereocenters. The maximum Gasteiger partial charge on any atom is 0.213 e. The van der Waals surface area contributed by atoms with Gasteiger partial charge >= 0.3 is 0 Å². The molecule has 1 rings (SSSR count). The SMILES string of the molecule is CCS(=O)(=O)N(C)CCCNC(=NC)NCc1ccc(C)cc1OCCOC. The lowest BCUT2D eigenvalue weighted by Crippen LogP contribution is -2.38. The molecule has 0 saturated carbocycles. The van der Waals surface area contributed by atoms with Gasteiger partial charge in [-0.05, 0) is 31.9 Å². The van der Waals surface area contributed by atoms with Gasteiger partial charge < -0.3 is 20.1 Å². The van der Waals surface area contributed by atoms with E-state index in [4.69, 9.17) is 9.47 Å². The number of nitrogens with one attached hydrogen (secondary N) is 2. The van der Waals surface area contributed by atoms with E-state index in [9.17, 15) is 8.42 Å². The molecule has 0 fully saturated rings. The van der Waals surface area contributed by atoms with Crippen LogP contribution in [-0.4, -0.2) is 71.9 Å². The van der Waals surface area contributed by atoms with E-state index in [0.717, 1.165) is 16.9 Å². The fraction of sp³-hybridized carbons (Fsp3) is 0.632. The van der Waals surface area contributed by atoms with Gasteiger partial charge in [0.05, 0.1) is 12.4 Å². The molecule has 0 aliphatic carbocycles. The highest BCUT2D eigenvalue weighted by Gasteiger charge is 2.14. The van der Waals surface area contributed by atoms with Gasteiger partial charge in [0.25, 0.3) is 0 Å². The molecule has 0 bridgehead atoms. The molecular weight excluding hydrogens is 380 g/mol. The molecule has 0 radical (unpaired) electrons. The molecule has 1 aromatic carbocycles. The van der Waals surface area contributed by atoms with E-state index in [-0.39, 0.29) is 5.75 Å². The minimum absolute atomic E-state index is 0.117. The summed E-state index contributed by atoms with van der Waals surface area (Å²) >= 11 is 0. The molecule has 8 nitrogen and oxygen atoms in total. The van der Waals surface area contributed by atoms with Crippen molar-refractivity contribution in [2.45, 2.75) is 26.8 Å². The van der Waals surface area contributed by atoms with Gasteiger partial charge in [-0.2, -0.15) is 0 Å². The summed E-state index contributed by atoms with van der Waals surface area (Å²) in [6.45, 7) is 6.35. The first-order chi connectivity index (χ1) is 13.3. The number of nitrogens with zero attached hydrogens (tertiary/aromatic N) is 2. The number of sulfonamides is 1. The lowest BCUT2D eigenvalue weighted by atomic mass is 10.1. The van der Waals surface area contributed by atoms with Gasteiger partial charge in [-0.3, -0.25) is 4.99 Å². The third-order valence-electron chi connectivity index (χ3n) is 4.22. The quantitative estimate of drug-likeness (QED) is 0.305. The second kappa shape index (κ2) is 12.6. The molecule has 0 saturated heterocycles. The Balaban J connectivity index is 2.50. The predicted molar refractivity (Wildman–Crippen MR) is 113 cm³/mol. The summed E-state index contributed by atoms with van der Waals surface area (Å²) in [6, 6.07) is 6.08. The summed E-state index contributed by atoms with van der Waals surface area (Å²) in [5, 5.41) is 6.47. The van der Waals surface area contributed by atoms with E-state index in [2.05, 4.69) is 15.6 Å².